The Hall–Kier alpha value is -0.850. The fourth-order valence-electron chi connectivity index (χ4n) is 1.64. The Morgan fingerprint density at radius 2 is 2.39 bits per heavy atom. The number of nitrogens with zero attached hydrogens (tertiary/aromatic N) is 1. The van der Waals surface area contributed by atoms with Gasteiger partial charge in [0.1, 0.15) is 5.69 Å². The monoisotopic (exact) mass is 318 g/mol. The average Bonchev–Trinajstić information content (AvgIpc) is 2.68. The molecule has 0 saturated heterocycles. The normalized spacial score (nSPS) is 12.4. The van der Waals surface area contributed by atoms with E-state index in [0.717, 1.165) is 17.4 Å². The summed E-state index contributed by atoms with van der Waals surface area (Å²) in [5.41, 5.74) is 0.591. The van der Waals surface area contributed by atoms with Gasteiger partial charge in [-0.2, -0.15) is 0 Å². The zero-order valence-corrected chi connectivity index (χ0v) is 12.2. The molecule has 0 aliphatic carbocycles. The summed E-state index contributed by atoms with van der Waals surface area (Å²) in [6.45, 7) is 3.23. The van der Waals surface area contributed by atoms with E-state index in [1.54, 1.807) is 6.07 Å². The van der Waals surface area contributed by atoms with Crippen LogP contribution in [0.4, 0.5) is 0 Å². The number of rotatable bonds is 7. The standard InChI is InChI=1S/C12H19BrN2O3/c1-3-4-15-7-9(13)5-11(15)12(17)14-6-10(16)8-18-2/h5,7,10,16H,3-4,6,8H2,1-2H3,(H,14,17). The van der Waals surface area contributed by atoms with Crippen LogP contribution in [0.5, 0.6) is 0 Å². The van der Waals surface area contributed by atoms with Crippen molar-refractivity contribution in [3.05, 3.63) is 22.4 Å². The highest BCUT2D eigenvalue weighted by molar-refractivity contribution is 9.10. The van der Waals surface area contributed by atoms with E-state index in [1.807, 2.05) is 10.8 Å². The third-order valence-corrected chi connectivity index (χ3v) is 2.85. The molecule has 0 spiro atoms. The van der Waals surface area contributed by atoms with Gasteiger partial charge in [-0.15, -0.1) is 0 Å². The quantitative estimate of drug-likeness (QED) is 0.798. The van der Waals surface area contributed by atoms with Crippen molar-refractivity contribution in [2.45, 2.75) is 26.0 Å². The van der Waals surface area contributed by atoms with Crippen molar-refractivity contribution < 1.29 is 14.6 Å². The minimum absolute atomic E-state index is 0.182. The first-order valence-electron chi connectivity index (χ1n) is 5.89. The Kier molecular flexibility index (Phi) is 6.38. The zero-order chi connectivity index (χ0) is 13.5. The summed E-state index contributed by atoms with van der Waals surface area (Å²) >= 11 is 3.36. The fraction of sp³-hybridized carbons (Fsp3) is 0.583. The third-order valence-electron chi connectivity index (χ3n) is 2.42. The Labute approximate surface area is 115 Å². The van der Waals surface area contributed by atoms with E-state index in [1.165, 1.54) is 7.11 Å². The first-order valence-corrected chi connectivity index (χ1v) is 6.68. The maximum absolute atomic E-state index is 12.0. The van der Waals surface area contributed by atoms with E-state index in [9.17, 15) is 9.90 Å². The van der Waals surface area contributed by atoms with Gasteiger partial charge in [0.25, 0.3) is 5.91 Å². The second kappa shape index (κ2) is 7.56. The van der Waals surface area contributed by atoms with Crippen molar-refractivity contribution >= 4 is 21.8 Å². The van der Waals surface area contributed by atoms with Crippen molar-refractivity contribution in [1.29, 1.82) is 0 Å². The van der Waals surface area contributed by atoms with Gasteiger partial charge >= 0.3 is 0 Å². The second-order valence-corrected chi connectivity index (χ2v) is 4.97. The number of aliphatic hydroxyl groups is 1. The Bertz CT molecular complexity index is 393. The van der Waals surface area contributed by atoms with E-state index < -0.39 is 6.10 Å². The van der Waals surface area contributed by atoms with Crippen molar-refractivity contribution in [3.8, 4) is 0 Å². The van der Waals surface area contributed by atoms with Crippen LogP contribution in [0.1, 0.15) is 23.8 Å². The number of aromatic nitrogens is 1. The molecule has 1 unspecified atom stereocenters. The van der Waals surface area contributed by atoms with Gasteiger partial charge in [0.15, 0.2) is 0 Å². The summed E-state index contributed by atoms with van der Waals surface area (Å²) in [5.74, 6) is -0.190. The Balaban J connectivity index is 2.60. The summed E-state index contributed by atoms with van der Waals surface area (Å²) in [6.07, 6.45) is 2.15. The van der Waals surface area contributed by atoms with Gasteiger partial charge in [0, 0.05) is 30.9 Å². The van der Waals surface area contributed by atoms with E-state index in [4.69, 9.17) is 4.74 Å². The Morgan fingerprint density at radius 3 is 3.00 bits per heavy atom. The largest absolute Gasteiger partial charge is 0.389 e. The number of nitrogens with one attached hydrogen (secondary N) is 1. The molecule has 1 rings (SSSR count). The van der Waals surface area contributed by atoms with Crippen molar-refractivity contribution in [2.75, 3.05) is 20.3 Å². The molecule has 0 aliphatic heterocycles. The van der Waals surface area contributed by atoms with Gasteiger partial charge in [-0.3, -0.25) is 4.79 Å². The first kappa shape index (κ1) is 15.2. The summed E-state index contributed by atoms with van der Waals surface area (Å²) in [7, 11) is 1.51. The van der Waals surface area contributed by atoms with Gasteiger partial charge in [-0.1, -0.05) is 6.92 Å². The molecule has 1 atom stereocenters. The van der Waals surface area contributed by atoms with Crippen LogP contribution in [0.2, 0.25) is 0 Å². The van der Waals surface area contributed by atoms with Crippen LogP contribution in [0.3, 0.4) is 0 Å². The summed E-state index contributed by atoms with van der Waals surface area (Å²) in [5, 5.41) is 12.2. The van der Waals surface area contributed by atoms with E-state index in [2.05, 4.69) is 28.2 Å². The van der Waals surface area contributed by atoms with Crippen LogP contribution in [-0.4, -0.2) is 41.9 Å². The molecule has 18 heavy (non-hydrogen) atoms. The third kappa shape index (κ3) is 4.44. The molecular formula is C12H19BrN2O3. The van der Waals surface area contributed by atoms with Crippen molar-refractivity contribution in [1.82, 2.24) is 9.88 Å². The SMILES string of the molecule is CCCn1cc(Br)cc1C(=O)NCC(O)COC. The molecule has 1 aromatic rings. The number of aliphatic hydroxyl groups excluding tert-OH is 1. The lowest BCUT2D eigenvalue weighted by atomic mass is 10.3. The topological polar surface area (TPSA) is 63.5 Å². The lowest BCUT2D eigenvalue weighted by Gasteiger charge is -2.12. The number of ether oxygens (including phenoxy) is 1. The molecule has 0 aromatic carbocycles. The highest BCUT2D eigenvalue weighted by atomic mass is 79.9. The minimum atomic E-state index is -0.683. The summed E-state index contributed by atoms with van der Waals surface area (Å²) in [4.78, 5) is 12.0. The molecule has 0 aliphatic rings. The number of halogens is 1. The van der Waals surface area contributed by atoms with Crippen LogP contribution < -0.4 is 5.32 Å². The van der Waals surface area contributed by atoms with Gasteiger partial charge in [0.2, 0.25) is 0 Å². The smallest absolute Gasteiger partial charge is 0.268 e. The predicted octanol–water partition coefficient (Wildman–Crippen LogP) is 1.40. The lowest BCUT2D eigenvalue weighted by Crippen LogP contribution is -2.35. The summed E-state index contributed by atoms with van der Waals surface area (Å²) < 4.78 is 7.56. The number of carbonyl (C=O) groups excluding carboxylic acids is 1. The van der Waals surface area contributed by atoms with Crippen molar-refractivity contribution in [3.63, 3.8) is 0 Å². The molecule has 0 saturated carbocycles. The van der Waals surface area contributed by atoms with Crippen LogP contribution in [-0.2, 0) is 11.3 Å². The molecule has 5 nitrogen and oxygen atoms in total. The van der Waals surface area contributed by atoms with E-state index in [0.29, 0.717) is 5.69 Å². The molecule has 1 amide bonds. The highest BCUT2D eigenvalue weighted by Crippen LogP contribution is 2.15. The molecule has 6 heteroatoms. The van der Waals surface area contributed by atoms with Gasteiger partial charge < -0.3 is 19.7 Å². The van der Waals surface area contributed by atoms with E-state index in [-0.39, 0.29) is 19.1 Å². The second-order valence-electron chi connectivity index (χ2n) is 4.06. The number of methoxy groups -OCH3 is 1. The molecule has 0 radical (unpaired) electrons. The van der Waals surface area contributed by atoms with Crippen LogP contribution >= 0.6 is 15.9 Å². The predicted molar refractivity (Wildman–Crippen MR) is 72.6 cm³/mol. The molecule has 0 bridgehead atoms. The number of aryl methyl sites for hydroxylation is 1. The molecule has 1 aromatic heterocycles. The van der Waals surface area contributed by atoms with Crippen LogP contribution in [0.15, 0.2) is 16.7 Å². The van der Waals surface area contributed by atoms with Gasteiger partial charge in [0.05, 0.1) is 12.7 Å². The fourth-order valence-corrected chi connectivity index (χ4v) is 2.11. The lowest BCUT2D eigenvalue weighted by molar-refractivity contribution is 0.0607. The first-order chi connectivity index (χ1) is 8.58. The van der Waals surface area contributed by atoms with Gasteiger partial charge in [-0.05, 0) is 28.4 Å². The van der Waals surface area contributed by atoms with Crippen molar-refractivity contribution in [2.24, 2.45) is 0 Å². The van der Waals surface area contributed by atoms with Gasteiger partial charge in [-0.25, -0.2) is 0 Å². The van der Waals surface area contributed by atoms with E-state index >= 15 is 0 Å². The Morgan fingerprint density at radius 1 is 1.67 bits per heavy atom. The molecular weight excluding hydrogens is 300 g/mol. The number of hydrogen-bond acceptors (Lipinski definition) is 3. The highest BCUT2D eigenvalue weighted by Gasteiger charge is 2.13. The number of amides is 1. The minimum Gasteiger partial charge on any atom is -0.389 e. The maximum Gasteiger partial charge on any atom is 0.268 e. The molecule has 2 N–H and O–H groups in total. The zero-order valence-electron chi connectivity index (χ0n) is 10.6. The summed E-state index contributed by atoms with van der Waals surface area (Å²) in [6, 6.07) is 1.77. The van der Waals surface area contributed by atoms with Crippen LogP contribution in [0.25, 0.3) is 0 Å². The molecule has 102 valence electrons. The maximum atomic E-state index is 12.0. The average molecular weight is 319 g/mol. The van der Waals surface area contributed by atoms with Crippen LogP contribution in [0, 0.1) is 0 Å². The molecule has 0 fully saturated rings. The number of carbonyl (C=O) groups is 1. The number of hydrogen-bond donors (Lipinski definition) is 2. The molecule has 1 heterocycles.